The van der Waals surface area contributed by atoms with Gasteiger partial charge in [0, 0.05) is 12.0 Å². The van der Waals surface area contributed by atoms with Crippen molar-refractivity contribution < 1.29 is 4.79 Å². The molecule has 1 rings (SSSR count). The molecule has 1 heteroatoms. The van der Waals surface area contributed by atoms with Gasteiger partial charge in [0.05, 0.1) is 0 Å². The van der Waals surface area contributed by atoms with Gasteiger partial charge in [0.2, 0.25) is 0 Å². The molecular formula is C13H18O. The van der Waals surface area contributed by atoms with Gasteiger partial charge in [-0.05, 0) is 18.9 Å². The SMILES string of the molecule is CCC(C)CC(=O)c1cccc(C)c1. The molecule has 0 saturated carbocycles. The molecule has 0 spiro atoms. The van der Waals surface area contributed by atoms with Gasteiger partial charge in [0.15, 0.2) is 5.78 Å². The first-order valence-electron chi connectivity index (χ1n) is 5.23. The van der Waals surface area contributed by atoms with Gasteiger partial charge < -0.3 is 0 Å². The molecule has 0 fully saturated rings. The summed E-state index contributed by atoms with van der Waals surface area (Å²) < 4.78 is 0. The van der Waals surface area contributed by atoms with Crippen molar-refractivity contribution in [3.63, 3.8) is 0 Å². The second-order valence-electron chi connectivity index (χ2n) is 4.01. The molecule has 0 aromatic heterocycles. The van der Waals surface area contributed by atoms with E-state index in [-0.39, 0.29) is 5.78 Å². The van der Waals surface area contributed by atoms with Gasteiger partial charge in [-0.25, -0.2) is 0 Å². The van der Waals surface area contributed by atoms with E-state index in [0.29, 0.717) is 12.3 Å². The zero-order valence-electron chi connectivity index (χ0n) is 9.21. The van der Waals surface area contributed by atoms with Crippen LogP contribution in [-0.2, 0) is 0 Å². The van der Waals surface area contributed by atoms with Crippen molar-refractivity contribution in [2.45, 2.75) is 33.6 Å². The number of hydrogen-bond donors (Lipinski definition) is 0. The van der Waals surface area contributed by atoms with Crippen LogP contribution in [0.3, 0.4) is 0 Å². The Hall–Kier alpha value is -1.11. The van der Waals surface area contributed by atoms with Crippen LogP contribution in [0.2, 0.25) is 0 Å². The molecule has 1 nitrogen and oxygen atoms in total. The first-order chi connectivity index (χ1) is 6.63. The topological polar surface area (TPSA) is 17.1 Å². The molecule has 0 N–H and O–H groups in total. The Labute approximate surface area is 86.1 Å². The number of carbonyl (C=O) groups is 1. The quantitative estimate of drug-likeness (QED) is 0.663. The number of ketones is 1. The van der Waals surface area contributed by atoms with E-state index in [1.807, 2.05) is 31.2 Å². The van der Waals surface area contributed by atoms with E-state index in [1.54, 1.807) is 0 Å². The van der Waals surface area contributed by atoms with E-state index in [9.17, 15) is 4.79 Å². The highest BCUT2D eigenvalue weighted by Gasteiger charge is 2.09. The van der Waals surface area contributed by atoms with Crippen LogP contribution in [0, 0.1) is 12.8 Å². The van der Waals surface area contributed by atoms with Gasteiger partial charge in [0.25, 0.3) is 0 Å². The van der Waals surface area contributed by atoms with Crippen LogP contribution in [0.1, 0.15) is 42.6 Å². The minimum atomic E-state index is 0.267. The van der Waals surface area contributed by atoms with Crippen molar-refractivity contribution in [2.75, 3.05) is 0 Å². The lowest BCUT2D eigenvalue weighted by molar-refractivity contribution is 0.0963. The number of Topliss-reactive ketones (excluding diaryl/α,β-unsaturated/α-hetero) is 1. The van der Waals surface area contributed by atoms with E-state index < -0.39 is 0 Å². The first-order valence-corrected chi connectivity index (χ1v) is 5.23. The molecular weight excluding hydrogens is 172 g/mol. The standard InChI is InChI=1S/C13H18O/c1-4-10(2)9-13(14)12-7-5-6-11(3)8-12/h5-8,10H,4,9H2,1-3H3. The fourth-order valence-electron chi connectivity index (χ4n) is 1.40. The molecule has 1 aromatic rings. The van der Waals surface area contributed by atoms with Gasteiger partial charge in [-0.1, -0.05) is 44.0 Å². The van der Waals surface area contributed by atoms with Crippen molar-refractivity contribution >= 4 is 5.78 Å². The Morgan fingerprint density at radius 2 is 2.14 bits per heavy atom. The van der Waals surface area contributed by atoms with Crippen LogP contribution in [0.15, 0.2) is 24.3 Å². The van der Waals surface area contributed by atoms with E-state index in [2.05, 4.69) is 13.8 Å². The van der Waals surface area contributed by atoms with Gasteiger partial charge in [-0.15, -0.1) is 0 Å². The van der Waals surface area contributed by atoms with Crippen LogP contribution in [0.4, 0.5) is 0 Å². The third-order valence-corrected chi connectivity index (χ3v) is 2.57. The number of rotatable bonds is 4. The fourth-order valence-corrected chi connectivity index (χ4v) is 1.40. The Bertz CT molecular complexity index is 315. The van der Waals surface area contributed by atoms with Gasteiger partial charge in [0.1, 0.15) is 0 Å². The highest BCUT2D eigenvalue weighted by atomic mass is 16.1. The summed E-state index contributed by atoms with van der Waals surface area (Å²) in [7, 11) is 0. The minimum absolute atomic E-state index is 0.267. The fraction of sp³-hybridized carbons (Fsp3) is 0.462. The molecule has 14 heavy (non-hydrogen) atoms. The average Bonchev–Trinajstić information content (AvgIpc) is 2.17. The molecule has 0 aliphatic heterocycles. The van der Waals surface area contributed by atoms with E-state index in [0.717, 1.165) is 17.5 Å². The molecule has 0 radical (unpaired) electrons. The third-order valence-electron chi connectivity index (χ3n) is 2.57. The summed E-state index contributed by atoms with van der Waals surface area (Å²) in [6.07, 6.45) is 1.73. The van der Waals surface area contributed by atoms with Crippen LogP contribution in [0.25, 0.3) is 0 Å². The van der Waals surface area contributed by atoms with Crippen molar-refractivity contribution in [3.8, 4) is 0 Å². The zero-order chi connectivity index (χ0) is 10.6. The second kappa shape index (κ2) is 4.94. The van der Waals surface area contributed by atoms with E-state index in [1.165, 1.54) is 0 Å². The van der Waals surface area contributed by atoms with Gasteiger partial charge in [-0.2, -0.15) is 0 Å². The van der Waals surface area contributed by atoms with Crippen LogP contribution in [0.5, 0.6) is 0 Å². The normalized spacial score (nSPS) is 12.5. The van der Waals surface area contributed by atoms with Crippen LogP contribution < -0.4 is 0 Å². The molecule has 1 atom stereocenters. The number of carbonyl (C=O) groups excluding carboxylic acids is 1. The Balaban J connectivity index is 2.70. The molecule has 0 saturated heterocycles. The number of hydrogen-bond acceptors (Lipinski definition) is 1. The maximum Gasteiger partial charge on any atom is 0.163 e. The molecule has 1 aromatic carbocycles. The van der Waals surface area contributed by atoms with E-state index in [4.69, 9.17) is 0 Å². The summed E-state index contributed by atoms with van der Waals surface area (Å²) in [6, 6.07) is 7.82. The summed E-state index contributed by atoms with van der Waals surface area (Å²) >= 11 is 0. The molecule has 0 bridgehead atoms. The van der Waals surface area contributed by atoms with Gasteiger partial charge in [-0.3, -0.25) is 4.79 Å². The Kier molecular flexibility index (Phi) is 3.87. The summed E-state index contributed by atoms with van der Waals surface area (Å²) in [4.78, 5) is 11.8. The lowest BCUT2D eigenvalue weighted by Gasteiger charge is -2.07. The third kappa shape index (κ3) is 2.99. The zero-order valence-corrected chi connectivity index (χ0v) is 9.21. The summed E-state index contributed by atoms with van der Waals surface area (Å²) in [5.74, 6) is 0.756. The largest absolute Gasteiger partial charge is 0.294 e. The minimum Gasteiger partial charge on any atom is -0.294 e. The summed E-state index contributed by atoms with van der Waals surface area (Å²) in [5.41, 5.74) is 2.00. The van der Waals surface area contributed by atoms with Crippen LogP contribution >= 0.6 is 0 Å². The van der Waals surface area contributed by atoms with Crippen LogP contribution in [-0.4, -0.2) is 5.78 Å². The molecule has 0 heterocycles. The number of aryl methyl sites for hydroxylation is 1. The second-order valence-corrected chi connectivity index (χ2v) is 4.01. The predicted octanol–water partition coefficient (Wildman–Crippen LogP) is 3.61. The highest BCUT2D eigenvalue weighted by molar-refractivity contribution is 5.96. The monoisotopic (exact) mass is 190 g/mol. The number of benzene rings is 1. The maximum atomic E-state index is 11.8. The smallest absolute Gasteiger partial charge is 0.163 e. The first kappa shape index (κ1) is 11.0. The van der Waals surface area contributed by atoms with Gasteiger partial charge >= 0.3 is 0 Å². The predicted molar refractivity (Wildman–Crippen MR) is 59.6 cm³/mol. The highest BCUT2D eigenvalue weighted by Crippen LogP contribution is 2.13. The molecule has 76 valence electrons. The Morgan fingerprint density at radius 3 is 2.71 bits per heavy atom. The summed E-state index contributed by atoms with van der Waals surface area (Å²) in [5, 5.41) is 0. The van der Waals surface area contributed by atoms with Crippen molar-refractivity contribution in [2.24, 2.45) is 5.92 Å². The van der Waals surface area contributed by atoms with E-state index >= 15 is 0 Å². The van der Waals surface area contributed by atoms with Crippen molar-refractivity contribution in [1.29, 1.82) is 0 Å². The Morgan fingerprint density at radius 1 is 1.43 bits per heavy atom. The lowest BCUT2D eigenvalue weighted by Crippen LogP contribution is -2.05. The maximum absolute atomic E-state index is 11.8. The molecule has 0 aliphatic rings. The molecule has 0 amide bonds. The average molecular weight is 190 g/mol. The lowest BCUT2D eigenvalue weighted by atomic mass is 9.97. The molecule has 1 unspecified atom stereocenters. The van der Waals surface area contributed by atoms with Crippen molar-refractivity contribution in [1.82, 2.24) is 0 Å². The summed E-state index contributed by atoms with van der Waals surface area (Å²) in [6.45, 7) is 6.25. The van der Waals surface area contributed by atoms with Crippen molar-refractivity contribution in [3.05, 3.63) is 35.4 Å². The molecule has 0 aliphatic carbocycles.